The number of carbonyl (C=O) groups is 1. The summed E-state index contributed by atoms with van der Waals surface area (Å²) < 4.78 is 5.16. The fourth-order valence-electron chi connectivity index (χ4n) is 3.47. The average molecular weight is 335 g/mol. The second-order valence-electron chi connectivity index (χ2n) is 6.46. The van der Waals surface area contributed by atoms with Gasteiger partial charge in [-0.2, -0.15) is 0 Å². The Hall–Kier alpha value is -2.82. The minimum absolute atomic E-state index is 0.0727. The number of methoxy groups -OCH3 is 1. The lowest BCUT2D eigenvalue weighted by atomic mass is 9.96. The third-order valence-electron chi connectivity index (χ3n) is 4.84. The molecule has 5 nitrogen and oxygen atoms in total. The van der Waals surface area contributed by atoms with E-state index in [0.29, 0.717) is 12.1 Å². The molecule has 1 amide bonds. The molecule has 1 atom stereocenters. The summed E-state index contributed by atoms with van der Waals surface area (Å²) in [5, 5.41) is 0. The summed E-state index contributed by atoms with van der Waals surface area (Å²) in [5.74, 6) is 2.07. The zero-order valence-corrected chi connectivity index (χ0v) is 14.2. The molecule has 1 aliphatic heterocycles. The minimum atomic E-state index is 0.0727. The number of hydrogen-bond acceptors (Lipinski definition) is 3. The summed E-state index contributed by atoms with van der Waals surface area (Å²) in [6.07, 6.45) is 2.04. The Morgan fingerprint density at radius 3 is 2.76 bits per heavy atom. The van der Waals surface area contributed by atoms with Crippen molar-refractivity contribution in [3.8, 4) is 5.75 Å². The van der Waals surface area contributed by atoms with Gasteiger partial charge in [0.2, 0.25) is 0 Å². The number of carbonyl (C=O) groups excluding carboxylic acids is 1. The number of fused-ring (bicyclic) bond motifs is 1. The number of benzene rings is 2. The first-order valence-corrected chi connectivity index (χ1v) is 8.62. The van der Waals surface area contributed by atoms with Gasteiger partial charge in [-0.25, -0.2) is 4.98 Å². The van der Waals surface area contributed by atoms with Crippen LogP contribution in [0.2, 0.25) is 0 Å². The average Bonchev–Trinajstić information content (AvgIpc) is 3.12. The van der Waals surface area contributed by atoms with Crippen LogP contribution in [0, 0.1) is 0 Å². The zero-order valence-electron chi connectivity index (χ0n) is 14.2. The van der Waals surface area contributed by atoms with E-state index < -0.39 is 0 Å². The number of likely N-dealkylation sites (tertiary alicyclic amines) is 1. The molecule has 0 saturated carbocycles. The summed E-state index contributed by atoms with van der Waals surface area (Å²) in [7, 11) is 1.62. The monoisotopic (exact) mass is 335 g/mol. The molecular formula is C20H21N3O2. The van der Waals surface area contributed by atoms with E-state index in [4.69, 9.17) is 9.72 Å². The number of ether oxygens (including phenoxy) is 1. The van der Waals surface area contributed by atoms with Crippen LogP contribution in [0.4, 0.5) is 0 Å². The number of aromatic amines is 1. The Morgan fingerprint density at radius 1 is 1.20 bits per heavy atom. The van der Waals surface area contributed by atoms with Crippen molar-refractivity contribution in [2.75, 3.05) is 20.2 Å². The molecule has 2 heterocycles. The van der Waals surface area contributed by atoms with Gasteiger partial charge >= 0.3 is 0 Å². The lowest BCUT2D eigenvalue weighted by molar-refractivity contribution is 0.0705. The van der Waals surface area contributed by atoms with Crippen LogP contribution in [-0.2, 0) is 0 Å². The van der Waals surface area contributed by atoms with Crippen molar-refractivity contribution in [2.24, 2.45) is 0 Å². The maximum absolute atomic E-state index is 12.8. The molecule has 1 unspecified atom stereocenters. The van der Waals surface area contributed by atoms with Crippen LogP contribution >= 0.6 is 0 Å². The van der Waals surface area contributed by atoms with Crippen molar-refractivity contribution < 1.29 is 9.53 Å². The first kappa shape index (κ1) is 15.7. The van der Waals surface area contributed by atoms with Crippen LogP contribution in [0.25, 0.3) is 11.0 Å². The van der Waals surface area contributed by atoms with E-state index >= 15 is 0 Å². The first-order valence-electron chi connectivity index (χ1n) is 8.62. The smallest absolute Gasteiger partial charge is 0.253 e. The molecule has 1 saturated heterocycles. The van der Waals surface area contributed by atoms with Crippen LogP contribution in [-0.4, -0.2) is 41.0 Å². The summed E-state index contributed by atoms with van der Waals surface area (Å²) in [6, 6.07) is 15.4. The fraction of sp³-hybridized carbons (Fsp3) is 0.300. The first-order chi connectivity index (χ1) is 12.2. The van der Waals surface area contributed by atoms with Gasteiger partial charge in [-0.15, -0.1) is 0 Å². The number of imidazole rings is 1. The van der Waals surface area contributed by atoms with E-state index in [1.165, 1.54) is 0 Å². The molecule has 2 aromatic carbocycles. The van der Waals surface area contributed by atoms with Gasteiger partial charge in [-0.05, 0) is 49.2 Å². The Morgan fingerprint density at radius 2 is 2.00 bits per heavy atom. The highest BCUT2D eigenvalue weighted by Crippen LogP contribution is 2.27. The standard InChI is InChI=1S/C20H21N3O2/c1-25-16-10-8-14(9-11-16)20(24)23-12-4-5-15(13-23)19-21-17-6-2-3-7-18(17)22-19/h2-3,6-11,15H,4-5,12-13H2,1H3,(H,21,22). The SMILES string of the molecule is COc1ccc(C(=O)N2CCCC(c3nc4ccccc4[nH]3)C2)cc1. The van der Waals surface area contributed by atoms with Crippen molar-refractivity contribution in [3.05, 3.63) is 59.9 Å². The maximum Gasteiger partial charge on any atom is 0.253 e. The lowest BCUT2D eigenvalue weighted by Gasteiger charge is -2.32. The molecule has 0 bridgehead atoms. The molecule has 1 fully saturated rings. The third kappa shape index (κ3) is 3.09. The molecule has 0 aliphatic carbocycles. The fourth-order valence-corrected chi connectivity index (χ4v) is 3.47. The van der Waals surface area contributed by atoms with E-state index in [0.717, 1.165) is 42.0 Å². The molecule has 3 aromatic rings. The van der Waals surface area contributed by atoms with E-state index in [1.807, 2.05) is 53.4 Å². The van der Waals surface area contributed by atoms with Crippen molar-refractivity contribution in [3.63, 3.8) is 0 Å². The second-order valence-corrected chi connectivity index (χ2v) is 6.46. The number of nitrogens with one attached hydrogen (secondary N) is 1. The van der Waals surface area contributed by atoms with Crippen LogP contribution in [0.3, 0.4) is 0 Å². The number of hydrogen-bond donors (Lipinski definition) is 1. The van der Waals surface area contributed by atoms with Crippen molar-refractivity contribution in [1.29, 1.82) is 0 Å². The van der Waals surface area contributed by atoms with Crippen LogP contribution in [0.1, 0.15) is 34.9 Å². The van der Waals surface area contributed by atoms with Crippen LogP contribution in [0.15, 0.2) is 48.5 Å². The predicted octanol–water partition coefficient (Wildman–Crippen LogP) is 3.59. The number of H-pyrrole nitrogens is 1. The van der Waals surface area contributed by atoms with Crippen molar-refractivity contribution >= 4 is 16.9 Å². The molecule has 4 rings (SSSR count). The molecule has 1 aliphatic rings. The molecule has 5 heteroatoms. The van der Waals surface area contributed by atoms with Crippen LogP contribution in [0.5, 0.6) is 5.75 Å². The summed E-state index contributed by atoms with van der Waals surface area (Å²) >= 11 is 0. The molecule has 128 valence electrons. The highest BCUT2D eigenvalue weighted by molar-refractivity contribution is 5.94. The van der Waals surface area contributed by atoms with E-state index in [2.05, 4.69) is 4.98 Å². The van der Waals surface area contributed by atoms with Gasteiger partial charge in [-0.1, -0.05) is 12.1 Å². The number of piperidine rings is 1. The predicted molar refractivity (Wildman–Crippen MR) is 97.0 cm³/mol. The summed E-state index contributed by atoms with van der Waals surface area (Å²) in [4.78, 5) is 22.9. The number of nitrogens with zero attached hydrogens (tertiary/aromatic N) is 2. The molecule has 0 spiro atoms. The Balaban J connectivity index is 1.52. The van der Waals surface area contributed by atoms with Gasteiger partial charge in [0.1, 0.15) is 11.6 Å². The molecule has 25 heavy (non-hydrogen) atoms. The Kier molecular flexibility index (Phi) is 4.14. The lowest BCUT2D eigenvalue weighted by Crippen LogP contribution is -2.39. The van der Waals surface area contributed by atoms with E-state index in [1.54, 1.807) is 7.11 Å². The number of para-hydroxylation sites is 2. The van der Waals surface area contributed by atoms with Gasteiger partial charge in [-0.3, -0.25) is 4.79 Å². The second kappa shape index (κ2) is 6.59. The molecular weight excluding hydrogens is 314 g/mol. The highest BCUT2D eigenvalue weighted by Gasteiger charge is 2.27. The minimum Gasteiger partial charge on any atom is -0.497 e. The Bertz CT molecular complexity index is 852. The number of rotatable bonds is 3. The number of aromatic nitrogens is 2. The third-order valence-corrected chi connectivity index (χ3v) is 4.84. The van der Waals surface area contributed by atoms with Gasteiger partial charge in [0.25, 0.3) is 5.91 Å². The highest BCUT2D eigenvalue weighted by atomic mass is 16.5. The quantitative estimate of drug-likeness (QED) is 0.796. The summed E-state index contributed by atoms with van der Waals surface area (Å²) in [6.45, 7) is 1.49. The zero-order chi connectivity index (χ0) is 17.2. The number of amides is 1. The van der Waals surface area contributed by atoms with Gasteiger partial charge in [0, 0.05) is 24.6 Å². The largest absolute Gasteiger partial charge is 0.497 e. The van der Waals surface area contributed by atoms with E-state index in [9.17, 15) is 4.79 Å². The van der Waals surface area contributed by atoms with Crippen LogP contribution < -0.4 is 4.74 Å². The Labute approximate surface area is 146 Å². The molecule has 1 N–H and O–H groups in total. The molecule has 1 aromatic heterocycles. The van der Waals surface area contributed by atoms with Gasteiger partial charge < -0.3 is 14.6 Å². The summed E-state index contributed by atoms with van der Waals surface area (Å²) in [5.41, 5.74) is 2.73. The van der Waals surface area contributed by atoms with Gasteiger partial charge in [0.15, 0.2) is 0 Å². The topological polar surface area (TPSA) is 58.2 Å². The van der Waals surface area contributed by atoms with Gasteiger partial charge in [0.05, 0.1) is 18.1 Å². The normalized spacial score (nSPS) is 17.6. The van der Waals surface area contributed by atoms with Crippen molar-refractivity contribution in [2.45, 2.75) is 18.8 Å². The maximum atomic E-state index is 12.8. The molecule has 0 radical (unpaired) electrons. The van der Waals surface area contributed by atoms with Crippen molar-refractivity contribution in [1.82, 2.24) is 14.9 Å². The van der Waals surface area contributed by atoms with E-state index in [-0.39, 0.29) is 11.8 Å².